The van der Waals surface area contributed by atoms with Crippen LogP contribution < -0.4 is 10.6 Å². The van der Waals surface area contributed by atoms with Gasteiger partial charge in [-0.1, -0.05) is 41.3 Å². The average molecular weight is 630 g/mol. The standard InChI is InChI=1S/C26H23N5O8S3/c1-11-29-30-26(42-11)41-10-13-9-40-24-19(23(37)31(24)20(13)25(38)39)28-22(36)18(12-5-7-14(32)8-6-12)27-21(35)17-15(33)3-2-4-16(17)34/h2-8,18-19,24,32-34H,9-10H2,1H3,(H,27,35)(H,28,36)(H,38,39)/t18?,19?,24-/m1/s1. The highest BCUT2D eigenvalue weighted by Crippen LogP contribution is 2.42. The third kappa shape index (κ3) is 5.73. The van der Waals surface area contributed by atoms with E-state index in [1.807, 2.05) is 6.92 Å². The molecule has 13 nitrogen and oxygen atoms in total. The zero-order chi connectivity index (χ0) is 30.1. The number of β-lactam (4-membered cyclic amide) rings is 1. The minimum absolute atomic E-state index is 0.0887. The number of aromatic hydroxyl groups is 3. The Labute approximate surface area is 250 Å². The van der Waals surface area contributed by atoms with E-state index in [4.69, 9.17) is 0 Å². The number of aliphatic carboxylic acids is 1. The van der Waals surface area contributed by atoms with Crippen molar-refractivity contribution in [3.63, 3.8) is 0 Å². The molecule has 6 N–H and O–H groups in total. The van der Waals surface area contributed by atoms with Gasteiger partial charge in [0.05, 0.1) is 0 Å². The molecule has 3 atom stereocenters. The van der Waals surface area contributed by atoms with Crippen molar-refractivity contribution in [1.82, 2.24) is 25.7 Å². The van der Waals surface area contributed by atoms with Crippen LogP contribution in [-0.2, 0) is 14.4 Å². The lowest BCUT2D eigenvalue weighted by atomic mass is 10.0. The summed E-state index contributed by atoms with van der Waals surface area (Å²) in [5.41, 5.74) is 0.191. The number of carbonyl (C=O) groups is 4. The van der Waals surface area contributed by atoms with Gasteiger partial charge >= 0.3 is 5.97 Å². The molecular formula is C26H23N5O8S3. The van der Waals surface area contributed by atoms with Gasteiger partial charge in [0.15, 0.2) is 4.34 Å². The third-order valence-electron chi connectivity index (χ3n) is 6.44. The van der Waals surface area contributed by atoms with Crippen molar-refractivity contribution in [2.24, 2.45) is 0 Å². The molecule has 2 aromatic carbocycles. The molecule has 2 unspecified atom stereocenters. The van der Waals surface area contributed by atoms with E-state index >= 15 is 0 Å². The Balaban J connectivity index is 1.34. The van der Waals surface area contributed by atoms with Crippen molar-refractivity contribution in [1.29, 1.82) is 0 Å². The molecule has 3 amide bonds. The number of carboxylic acid groups (broad SMARTS) is 1. The Morgan fingerprint density at radius 2 is 1.79 bits per heavy atom. The minimum atomic E-state index is -1.40. The maximum Gasteiger partial charge on any atom is 0.352 e. The van der Waals surface area contributed by atoms with Gasteiger partial charge in [-0.05, 0) is 42.3 Å². The van der Waals surface area contributed by atoms with Crippen LogP contribution in [0.5, 0.6) is 17.2 Å². The summed E-state index contributed by atoms with van der Waals surface area (Å²) in [6.45, 7) is 1.81. The maximum atomic E-state index is 13.5. The van der Waals surface area contributed by atoms with Crippen molar-refractivity contribution in [2.45, 2.75) is 28.7 Å². The SMILES string of the molecule is Cc1nnc(SCC2=C(C(=O)O)N3C(=O)C(NC(=O)C(NC(=O)c4c(O)cccc4O)c4ccc(O)cc4)[C@H]3SC2)s1. The first kappa shape index (κ1) is 29.2. The van der Waals surface area contributed by atoms with Gasteiger partial charge in [0, 0.05) is 11.5 Å². The number of phenolic OH excluding ortho intramolecular Hbond substituents is 3. The maximum absolute atomic E-state index is 13.5. The van der Waals surface area contributed by atoms with Crippen LogP contribution in [0, 0.1) is 6.92 Å². The lowest BCUT2D eigenvalue weighted by Gasteiger charge is -2.49. The molecule has 218 valence electrons. The molecule has 0 radical (unpaired) electrons. The number of benzene rings is 2. The number of aryl methyl sites for hydroxylation is 1. The fraction of sp³-hybridized carbons (Fsp3) is 0.231. The van der Waals surface area contributed by atoms with Crippen LogP contribution in [0.25, 0.3) is 0 Å². The molecule has 5 rings (SSSR count). The largest absolute Gasteiger partial charge is 0.508 e. The zero-order valence-corrected chi connectivity index (χ0v) is 24.1. The molecule has 1 saturated heterocycles. The summed E-state index contributed by atoms with van der Waals surface area (Å²) in [4.78, 5) is 53.0. The summed E-state index contributed by atoms with van der Waals surface area (Å²) in [5.74, 6) is -4.15. The first-order valence-electron chi connectivity index (χ1n) is 12.3. The number of nitrogens with zero attached hydrogens (tertiary/aromatic N) is 3. The highest BCUT2D eigenvalue weighted by molar-refractivity contribution is 8.01. The van der Waals surface area contributed by atoms with Gasteiger partial charge in [0.25, 0.3) is 11.8 Å². The van der Waals surface area contributed by atoms with Gasteiger partial charge in [0.2, 0.25) is 5.91 Å². The number of fused-ring (bicyclic) bond motifs is 1. The zero-order valence-electron chi connectivity index (χ0n) is 21.7. The molecule has 1 fully saturated rings. The van der Waals surface area contributed by atoms with E-state index in [9.17, 15) is 39.6 Å². The van der Waals surface area contributed by atoms with Gasteiger partial charge in [0.1, 0.15) is 51.0 Å². The number of phenols is 3. The lowest BCUT2D eigenvalue weighted by Crippen LogP contribution is -2.71. The number of hydrogen-bond acceptors (Lipinski definition) is 12. The van der Waals surface area contributed by atoms with E-state index in [0.717, 1.165) is 9.91 Å². The Kier molecular flexibility index (Phi) is 8.29. The summed E-state index contributed by atoms with van der Waals surface area (Å²) in [5, 5.41) is 53.0. The first-order chi connectivity index (χ1) is 20.0. The van der Waals surface area contributed by atoms with Crippen LogP contribution in [-0.4, -0.2) is 82.1 Å². The second-order valence-electron chi connectivity index (χ2n) is 9.20. The van der Waals surface area contributed by atoms with E-state index in [1.165, 1.54) is 77.3 Å². The summed E-state index contributed by atoms with van der Waals surface area (Å²) >= 11 is 4.00. The fourth-order valence-electron chi connectivity index (χ4n) is 4.45. The number of hydrogen-bond donors (Lipinski definition) is 6. The van der Waals surface area contributed by atoms with Crippen LogP contribution in [0.3, 0.4) is 0 Å². The molecule has 3 aromatic rings. The molecule has 2 aliphatic heterocycles. The molecule has 3 heterocycles. The van der Waals surface area contributed by atoms with Gasteiger partial charge < -0.3 is 31.1 Å². The van der Waals surface area contributed by atoms with Gasteiger partial charge in [-0.15, -0.1) is 22.0 Å². The van der Waals surface area contributed by atoms with Gasteiger partial charge in [-0.25, -0.2) is 4.79 Å². The monoisotopic (exact) mass is 629 g/mol. The second kappa shape index (κ2) is 11.9. The number of amides is 3. The summed E-state index contributed by atoms with van der Waals surface area (Å²) in [6.07, 6.45) is 0. The number of thioether (sulfide) groups is 2. The molecule has 0 saturated carbocycles. The molecular weight excluding hydrogens is 607 g/mol. The Bertz CT molecular complexity index is 1590. The van der Waals surface area contributed by atoms with E-state index in [2.05, 4.69) is 20.8 Å². The molecule has 2 aliphatic rings. The Morgan fingerprint density at radius 3 is 2.40 bits per heavy atom. The van der Waals surface area contributed by atoms with E-state index in [1.54, 1.807) is 0 Å². The van der Waals surface area contributed by atoms with Crippen LogP contribution >= 0.6 is 34.9 Å². The molecule has 16 heteroatoms. The summed E-state index contributed by atoms with van der Waals surface area (Å²) in [7, 11) is 0. The van der Waals surface area contributed by atoms with Crippen molar-refractivity contribution in [3.8, 4) is 17.2 Å². The van der Waals surface area contributed by atoms with Crippen molar-refractivity contribution in [2.75, 3.05) is 11.5 Å². The normalized spacial score (nSPS) is 18.6. The first-order valence-corrected chi connectivity index (χ1v) is 15.1. The predicted molar refractivity (Wildman–Crippen MR) is 153 cm³/mol. The highest BCUT2D eigenvalue weighted by Gasteiger charge is 2.54. The van der Waals surface area contributed by atoms with Crippen LogP contribution in [0.2, 0.25) is 0 Å². The van der Waals surface area contributed by atoms with E-state index in [-0.39, 0.29) is 17.0 Å². The molecule has 0 aliphatic carbocycles. The van der Waals surface area contributed by atoms with Crippen LogP contribution in [0.4, 0.5) is 0 Å². The molecule has 0 spiro atoms. The third-order valence-corrected chi connectivity index (χ3v) is 9.83. The van der Waals surface area contributed by atoms with Gasteiger partial charge in [-0.2, -0.15) is 0 Å². The van der Waals surface area contributed by atoms with Crippen molar-refractivity contribution < 1.29 is 39.6 Å². The number of carboxylic acids is 1. The number of nitrogens with one attached hydrogen (secondary N) is 2. The van der Waals surface area contributed by atoms with E-state index < -0.39 is 58.2 Å². The van der Waals surface area contributed by atoms with Crippen LogP contribution in [0.1, 0.15) is 27.0 Å². The highest BCUT2D eigenvalue weighted by atomic mass is 32.2. The summed E-state index contributed by atoms with van der Waals surface area (Å²) in [6, 6.07) is 6.65. The minimum Gasteiger partial charge on any atom is -0.508 e. The summed E-state index contributed by atoms with van der Waals surface area (Å²) < 4.78 is 0.677. The second-order valence-corrected chi connectivity index (χ2v) is 12.7. The Morgan fingerprint density at radius 1 is 1.10 bits per heavy atom. The predicted octanol–water partition coefficient (Wildman–Crippen LogP) is 1.97. The Hall–Kier alpha value is -4.28. The topological polar surface area (TPSA) is 202 Å². The van der Waals surface area contributed by atoms with Crippen molar-refractivity contribution in [3.05, 3.63) is 69.9 Å². The fourth-order valence-corrected chi connectivity index (χ4v) is 7.75. The number of aromatic nitrogens is 2. The molecule has 42 heavy (non-hydrogen) atoms. The van der Waals surface area contributed by atoms with E-state index in [0.29, 0.717) is 21.4 Å². The molecule has 1 aromatic heterocycles. The van der Waals surface area contributed by atoms with Crippen LogP contribution in [0.15, 0.2) is 58.1 Å². The smallest absolute Gasteiger partial charge is 0.352 e. The van der Waals surface area contributed by atoms with Gasteiger partial charge in [-0.3, -0.25) is 19.3 Å². The number of rotatable bonds is 9. The van der Waals surface area contributed by atoms with Crippen molar-refractivity contribution >= 4 is 58.6 Å². The quantitative estimate of drug-likeness (QED) is 0.149. The average Bonchev–Trinajstić information content (AvgIpc) is 3.38. The number of carbonyl (C=O) groups excluding carboxylic acids is 3. The molecule has 0 bridgehead atoms. The lowest BCUT2D eigenvalue weighted by molar-refractivity contribution is -0.151.